The van der Waals surface area contributed by atoms with E-state index in [4.69, 9.17) is 9.47 Å². The Balaban J connectivity index is 2.80. The largest absolute Gasteiger partial charge is 0.495 e. The molecule has 0 saturated heterocycles. The molecule has 0 amide bonds. The molecule has 0 aliphatic carbocycles. The van der Waals surface area contributed by atoms with Gasteiger partial charge in [-0.15, -0.1) is 11.3 Å². The van der Waals surface area contributed by atoms with Crippen molar-refractivity contribution in [2.24, 2.45) is 0 Å². The summed E-state index contributed by atoms with van der Waals surface area (Å²) in [6, 6.07) is 3.29. The molecule has 0 aliphatic heterocycles. The van der Waals surface area contributed by atoms with Gasteiger partial charge in [0.25, 0.3) is 0 Å². The van der Waals surface area contributed by atoms with E-state index in [9.17, 15) is 4.39 Å². The maximum Gasteiger partial charge on any atom is 0.173 e. The predicted molar refractivity (Wildman–Crippen MR) is 54.9 cm³/mol. The van der Waals surface area contributed by atoms with Gasteiger partial charge in [0.1, 0.15) is 5.75 Å². The number of rotatable bonds is 2. The standard InChI is InChI=1S/C10H9FO2S/c1-12-7-5-8(13-2)10-6(9(7)11)3-4-14-10/h3-5H,1-2H3. The number of hydrogen-bond donors (Lipinski definition) is 0. The van der Waals surface area contributed by atoms with Crippen molar-refractivity contribution in [2.75, 3.05) is 14.2 Å². The number of halogens is 1. The molecule has 1 aromatic heterocycles. The molecular weight excluding hydrogens is 203 g/mol. The summed E-state index contributed by atoms with van der Waals surface area (Å²) in [6.07, 6.45) is 0. The van der Waals surface area contributed by atoms with Gasteiger partial charge in [-0.25, -0.2) is 4.39 Å². The van der Waals surface area contributed by atoms with Crippen LogP contribution in [0.5, 0.6) is 11.5 Å². The van der Waals surface area contributed by atoms with Crippen molar-refractivity contribution in [3.05, 3.63) is 23.3 Å². The lowest BCUT2D eigenvalue weighted by Gasteiger charge is -2.06. The van der Waals surface area contributed by atoms with Crippen molar-refractivity contribution < 1.29 is 13.9 Å². The van der Waals surface area contributed by atoms with Gasteiger partial charge in [-0.05, 0) is 11.4 Å². The summed E-state index contributed by atoms with van der Waals surface area (Å²) in [5.74, 6) is 0.533. The van der Waals surface area contributed by atoms with E-state index >= 15 is 0 Å². The molecule has 2 nitrogen and oxygen atoms in total. The van der Waals surface area contributed by atoms with Crippen LogP contribution in [0.2, 0.25) is 0 Å². The highest BCUT2D eigenvalue weighted by Crippen LogP contribution is 2.37. The maximum atomic E-state index is 13.6. The first-order valence-electron chi connectivity index (χ1n) is 4.05. The molecule has 2 aromatic rings. The van der Waals surface area contributed by atoms with Crippen LogP contribution in [-0.2, 0) is 0 Å². The number of thiophene rings is 1. The van der Waals surface area contributed by atoms with Crippen LogP contribution < -0.4 is 9.47 Å². The Labute approximate surface area is 84.9 Å². The van der Waals surface area contributed by atoms with E-state index in [0.717, 1.165) is 4.70 Å². The Morgan fingerprint density at radius 1 is 1.21 bits per heavy atom. The molecule has 0 saturated carbocycles. The van der Waals surface area contributed by atoms with Crippen LogP contribution in [0.1, 0.15) is 0 Å². The minimum Gasteiger partial charge on any atom is -0.495 e. The van der Waals surface area contributed by atoms with Crippen molar-refractivity contribution in [3.8, 4) is 11.5 Å². The van der Waals surface area contributed by atoms with Crippen molar-refractivity contribution >= 4 is 21.4 Å². The van der Waals surface area contributed by atoms with Gasteiger partial charge in [0.05, 0.1) is 18.9 Å². The highest BCUT2D eigenvalue weighted by Gasteiger charge is 2.13. The Morgan fingerprint density at radius 2 is 1.93 bits per heavy atom. The van der Waals surface area contributed by atoms with E-state index in [2.05, 4.69) is 0 Å². The second-order valence-corrected chi connectivity index (χ2v) is 3.67. The quantitative estimate of drug-likeness (QED) is 0.761. The third kappa shape index (κ3) is 1.23. The third-order valence-electron chi connectivity index (χ3n) is 2.04. The summed E-state index contributed by atoms with van der Waals surface area (Å²) in [6.45, 7) is 0. The molecule has 0 bridgehead atoms. The van der Waals surface area contributed by atoms with Crippen LogP contribution in [0.4, 0.5) is 4.39 Å². The molecule has 0 radical (unpaired) electrons. The molecule has 0 unspecified atom stereocenters. The Morgan fingerprint density at radius 3 is 2.57 bits per heavy atom. The predicted octanol–water partition coefficient (Wildman–Crippen LogP) is 3.06. The fourth-order valence-electron chi connectivity index (χ4n) is 1.35. The van der Waals surface area contributed by atoms with Crippen LogP contribution in [0.15, 0.2) is 17.5 Å². The third-order valence-corrected chi connectivity index (χ3v) is 2.97. The van der Waals surface area contributed by atoms with Gasteiger partial charge in [0.2, 0.25) is 0 Å². The first-order valence-corrected chi connectivity index (χ1v) is 4.93. The minimum atomic E-state index is -0.329. The van der Waals surface area contributed by atoms with E-state index in [1.807, 2.05) is 5.38 Å². The fraction of sp³-hybridized carbons (Fsp3) is 0.200. The SMILES string of the molecule is COc1cc(OC)c2sccc2c1F. The van der Waals surface area contributed by atoms with Crippen molar-refractivity contribution in [2.45, 2.75) is 0 Å². The zero-order valence-corrected chi connectivity index (χ0v) is 8.65. The first kappa shape index (κ1) is 9.27. The molecule has 1 aromatic carbocycles. The maximum absolute atomic E-state index is 13.6. The lowest BCUT2D eigenvalue weighted by atomic mass is 10.2. The summed E-state index contributed by atoms with van der Waals surface area (Å²) in [7, 11) is 3.00. The molecule has 0 atom stereocenters. The average Bonchev–Trinajstić information content (AvgIpc) is 2.68. The first-order chi connectivity index (χ1) is 6.77. The van der Waals surface area contributed by atoms with Gasteiger partial charge < -0.3 is 9.47 Å². The average molecular weight is 212 g/mol. The van der Waals surface area contributed by atoms with E-state index in [1.54, 1.807) is 19.2 Å². The van der Waals surface area contributed by atoms with Gasteiger partial charge in [-0.2, -0.15) is 0 Å². The molecule has 0 spiro atoms. The van der Waals surface area contributed by atoms with E-state index in [-0.39, 0.29) is 11.6 Å². The van der Waals surface area contributed by atoms with Gasteiger partial charge in [0, 0.05) is 11.5 Å². The molecule has 0 aliphatic rings. The zero-order valence-electron chi connectivity index (χ0n) is 7.83. The van der Waals surface area contributed by atoms with Gasteiger partial charge in [0.15, 0.2) is 11.6 Å². The lowest BCUT2D eigenvalue weighted by Crippen LogP contribution is -1.91. The van der Waals surface area contributed by atoms with E-state index in [1.165, 1.54) is 18.4 Å². The highest BCUT2D eigenvalue weighted by atomic mass is 32.1. The van der Waals surface area contributed by atoms with Crippen LogP contribution in [0.25, 0.3) is 10.1 Å². The summed E-state index contributed by atoms with van der Waals surface area (Å²) in [5.41, 5.74) is 0. The van der Waals surface area contributed by atoms with Gasteiger partial charge in [-0.1, -0.05) is 0 Å². The van der Waals surface area contributed by atoms with Crippen molar-refractivity contribution in [3.63, 3.8) is 0 Å². The molecule has 14 heavy (non-hydrogen) atoms. The Hall–Kier alpha value is -1.29. The van der Waals surface area contributed by atoms with E-state index < -0.39 is 0 Å². The summed E-state index contributed by atoms with van der Waals surface area (Å²) in [5, 5.41) is 2.38. The Kier molecular flexibility index (Phi) is 2.29. The van der Waals surface area contributed by atoms with Gasteiger partial charge >= 0.3 is 0 Å². The number of hydrogen-bond acceptors (Lipinski definition) is 3. The van der Waals surface area contributed by atoms with Crippen molar-refractivity contribution in [1.29, 1.82) is 0 Å². The molecule has 0 fully saturated rings. The lowest BCUT2D eigenvalue weighted by molar-refractivity contribution is 0.378. The minimum absolute atomic E-state index is 0.216. The second-order valence-electron chi connectivity index (χ2n) is 2.76. The van der Waals surface area contributed by atoms with Crippen LogP contribution in [0.3, 0.4) is 0 Å². The molecular formula is C10H9FO2S. The number of methoxy groups -OCH3 is 2. The summed E-state index contributed by atoms with van der Waals surface area (Å²) < 4.78 is 24.5. The molecule has 2 rings (SSSR count). The number of fused-ring (bicyclic) bond motifs is 1. The van der Waals surface area contributed by atoms with Crippen LogP contribution in [0, 0.1) is 5.82 Å². The number of benzene rings is 1. The highest BCUT2D eigenvalue weighted by molar-refractivity contribution is 7.17. The summed E-state index contributed by atoms with van der Waals surface area (Å²) in [4.78, 5) is 0. The molecule has 0 N–H and O–H groups in total. The normalized spacial score (nSPS) is 10.5. The topological polar surface area (TPSA) is 18.5 Å². The molecule has 74 valence electrons. The smallest absolute Gasteiger partial charge is 0.173 e. The monoisotopic (exact) mass is 212 g/mol. The van der Waals surface area contributed by atoms with Gasteiger partial charge in [-0.3, -0.25) is 0 Å². The Bertz CT molecular complexity index is 464. The number of ether oxygens (including phenoxy) is 2. The van der Waals surface area contributed by atoms with Crippen LogP contribution in [-0.4, -0.2) is 14.2 Å². The molecule has 1 heterocycles. The summed E-state index contributed by atoms with van der Waals surface area (Å²) >= 11 is 1.45. The second kappa shape index (κ2) is 3.46. The van der Waals surface area contributed by atoms with Crippen molar-refractivity contribution in [1.82, 2.24) is 0 Å². The fourth-order valence-corrected chi connectivity index (χ4v) is 2.24. The van der Waals surface area contributed by atoms with E-state index in [0.29, 0.717) is 11.1 Å². The molecule has 4 heteroatoms. The van der Waals surface area contributed by atoms with Crippen LogP contribution >= 0.6 is 11.3 Å². The zero-order chi connectivity index (χ0) is 10.1.